The summed E-state index contributed by atoms with van der Waals surface area (Å²) >= 11 is 0. The van der Waals surface area contributed by atoms with Crippen LogP contribution in [0.25, 0.3) is 0 Å². The van der Waals surface area contributed by atoms with Crippen molar-refractivity contribution >= 4 is 5.82 Å². The Bertz CT molecular complexity index is 654. The molecule has 2 heterocycles. The SMILES string of the molecule is CCNc1nc(C2COc3ccccc3C2)nc(C)c1C. The lowest BCUT2D eigenvalue weighted by Gasteiger charge is -2.25. The molecule has 0 bridgehead atoms. The van der Waals surface area contributed by atoms with E-state index in [-0.39, 0.29) is 5.92 Å². The highest BCUT2D eigenvalue weighted by Gasteiger charge is 2.24. The van der Waals surface area contributed by atoms with Crippen LogP contribution < -0.4 is 10.1 Å². The van der Waals surface area contributed by atoms with Gasteiger partial charge in [-0.1, -0.05) is 18.2 Å². The molecule has 1 aliphatic heterocycles. The lowest BCUT2D eigenvalue weighted by molar-refractivity contribution is 0.257. The van der Waals surface area contributed by atoms with E-state index in [9.17, 15) is 0 Å². The number of aryl methyl sites for hydroxylation is 1. The average molecular weight is 283 g/mol. The number of benzene rings is 1. The molecule has 0 radical (unpaired) electrons. The number of anilines is 1. The van der Waals surface area contributed by atoms with Gasteiger partial charge in [-0.2, -0.15) is 0 Å². The highest BCUT2D eigenvalue weighted by molar-refractivity contribution is 5.46. The third kappa shape index (κ3) is 2.71. The number of rotatable bonds is 3. The van der Waals surface area contributed by atoms with Gasteiger partial charge in [-0.25, -0.2) is 9.97 Å². The Kier molecular flexibility index (Phi) is 3.78. The van der Waals surface area contributed by atoms with Gasteiger partial charge in [0.1, 0.15) is 17.4 Å². The number of para-hydroxylation sites is 1. The summed E-state index contributed by atoms with van der Waals surface area (Å²) in [5.41, 5.74) is 3.40. The molecule has 0 spiro atoms. The molecule has 1 N–H and O–H groups in total. The molecule has 3 rings (SSSR count). The molecule has 1 unspecified atom stereocenters. The molecular formula is C17H21N3O. The zero-order valence-corrected chi connectivity index (χ0v) is 12.8. The van der Waals surface area contributed by atoms with Crippen LogP contribution in [0.4, 0.5) is 5.82 Å². The lowest BCUT2D eigenvalue weighted by atomic mass is 9.96. The second-order valence-corrected chi connectivity index (χ2v) is 5.49. The smallest absolute Gasteiger partial charge is 0.137 e. The summed E-state index contributed by atoms with van der Waals surface area (Å²) in [6.07, 6.45) is 0.935. The molecule has 1 atom stereocenters. The van der Waals surface area contributed by atoms with Crippen LogP contribution in [-0.4, -0.2) is 23.1 Å². The maximum Gasteiger partial charge on any atom is 0.137 e. The summed E-state index contributed by atoms with van der Waals surface area (Å²) in [7, 11) is 0. The summed E-state index contributed by atoms with van der Waals surface area (Å²) in [4.78, 5) is 9.40. The standard InChI is InChI=1S/C17H21N3O/c1-4-18-16-11(2)12(3)19-17(20-16)14-9-13-7-5-6-8-15(13)21-10-14/h5-8,14H,4,9-10H2,1-3H3,(H,18,19,20). The van der Waals surface area contributed by atoms with Crippen molar-refractivity contribution in [2.24, 2.45) is 0 Å². The summed E-state index contributed by atoms with van der Waals surface area (Å²) in [5, 5.41) is 3.32. The van der Waals surface area contributed by atoms with Crippen LogP contribution in [0.1, 0.15) is 35.5 Å². The Morgan fingerprint density at radius 3 is 2.86 bits per heavy atom. The van der Waals surface area contributed by atoms with Gasteiger partial charge >= 0.3 is 0 Å². The van der Waals surface area contributed by atoms with Crippen molar-refractivity contribution in [2.75, 3.05) is 18.5 Å². The van der Waals surface area contributed by atoms with E-state index < -0.39 is 0 Å². The molecule has 4 nitrogen and oxygen atoms in total. The van der Waals surface area contributed by atoms with E-state index >= 15 is 0 Å². The van der Waals surface area contributed by atoms with Crippen LogP contribution in [-0.2, 0) is 6.42 Å². The van der Waals surface area contributed by atoms with E-state index in [1.165, 1.54) is 5.56 Å². The molecule has 0 saturated carbocycles. The van der Waals surface area contributed by atoms with Crippen molar-refractivity contribution in [2.45, 2.75) is 33.1 Å². The Labute approximate surface area is 125 Å². The van der Waals surface area contributed by atoms with Gasteiger partial charge in [0.2, 0.25) is 0 Å². The van der Waals surface area contributed by atoms with E-state index in [0.717, 1.165) is 41.6 Å². The van der Waals surface area contributed by atoms with Gasteiger partial charge in [0, 0.05) is 17.8 Å². The predicted molar refractivity (Wildman–Crippen MR) is 84.1 cm³/mol. The number of ether oxygens (including phenoxy) is 1. The van der Waals surface area contributed by atoms with E-state index in [0.29, 0.717) is 6.61 Å². The fraction of sp³-hybridized carbons (Fsp3) is 0.412. The Morgan fingerprint density at radius 1 is 1.24 bits per heavy atom. The monoisotopic (exact) mass is 283 g/mol. The van der Waals surface area contributed by atoms with Crippen LogP contribution in [0.2, 0.25) is 0 Å². The quantitative estimate of drug-likeness (QED) is 0.939. The molecule has 0 saturated heterocycles. The van der Waals surface area contributed by atoms with Crippen LogP contribution in [0, 0.1) is 13.8 Å². The molecule has 1 aromatic heterocycles. The predicted octanol–water partition coefficient (Wildman–Crippen LogP) is 3.24. The third-order valence-electron chi connectivity index (χ3n) is 3.99. The van der Waals surface area contributed by atoms with Gasteiger partial charge in [-0.3, -0.25) is 0 Å². The minimum Gasteiger partial charge on any atom is -0.493 e. The van der Waals surface area contributed by atoms with Crippen LogP contribution >= 0.6 is 0 Å². The Balaban J connectivity index is 1.91. The largest absolute Gasteiger partial charge is 0.493 e. The molecule has 0 aliphatic carbocycles. The Hall–Kier alpha value is -2.10. The van der Waals surface area contributed by atoms with Gasteiger partial charge < -0.3 is 10.1 Å². The van der Waals surface area contributed by atoms with E-state index in [2.05, 4.69) is 36.3 Å². The first-order valence-electron chi connectivity index (χ1n) is 7.48. The first-order chi connectivity index (χ1) is 10.2. The van der Waals surface area contributed by atoms with E-state index in [1.54, 1.807) is 0 Å². The second kappa shape index (κ2) is 5.72. The van der Waals surface area contributed by atoms with Gasteiger partial charge in [0.05, 0.1) is 12.5 Å². The van der Waals surface area contributed by atoms with Crippen molar-refractivity contribution in [1.29, 1.82) is 0 Å². The number of nitrogens with zero attached hydrogens (tertiary/aromatic N) is 2. The number of aromatic nitrogens is 2. The first kappa shape index (κ1) is 13.9. The number of nitrogens with one attached hydrogen (secondary N) is 1. The highest BCUT2D eigenvalue weighted by atomic mass is 16.5. The van der Waals surface area contributed by atoms with E-state index in [1.807, 2.05) is 19.1 Å². The van der Waals surface area contributed by atoms with Crippen LogP contribution in [0.15, 0.2) is 24.3 Å². The maximum atomic E-state index is 5.86. The summed E-state index contributed by atoms with van der Waals surface area (Å²) in [6, 6.07) is 8.20. The average Bonchev–Trinajstić information content (AvgIpc) is 2.51. The number of hydrogen-bond acceptors (Lipinski definition) is 4. The number of hydrogen-bond donors (Lipinski definition) is 1. The Morgan fingerprint density at radius 2 is 2.05 bits per heavy atom. The molecule has 0 amide bonds. The summed E-state index contributed by atoms with van der Waals surface area (Å²) in [6.45, 7) is 7.69. The van der Waals surface area contributed by atoms with Crippen molar-refractivity contribution in [3.63, 3.8) is 0 Å². The van der Waals surface area contributed by atoms with Crippen molar-refractivity contribution in [1.82, 2.24) is 9.97 Å². The zero-order chi connectivity index (χ0) is 14.8. The molecule has 110 valence electrons. The highest BCUT2D eigenvalue weighted by Crippen LogP contribution is 2.31. The third-order valence-corrected chi connectivity index (χ3v) is 3.99. The maximum absolute atomic E-state index is 5.86. The van der Waals surface area contributed by atoms with Crippen molar-refractivity contribution in [3.05, 3.63) is 46.9 Å². The molecule has 1 aromatic carbocycles. The zero-order valence-electron chi connectivity index (χ0n) is 12.8. The minimum absolute atomic E-state index is 0.219. The van der Waals surface area contributed by atoms with Crippen LogP contribution in [0.3, 0.4) is 0 Å². The summed E-state index contributed by atoms with van der Waals surface area (Å²) < 4.78 is 5.86. The van der Waals surface area contributed by atoms with E-state index in [4.69, 9.17) is 9.72 Å². The van der Waals surface area contributed by atoms with Crippen molar-refractivity contribution < 1.29 is 4.74 Å². The molecule has 21 heavy (non-hydrogen) atoms. The van der Waals surface area contributed by atoms with Crippen molar-refractivity contribution in [3.8, 4) is 5.75 Å². The van der Waals surface area contributed by atoms with Crippen LogP contribution in [0.5, 0.6) is 5.75 Å². The molecular weight excluding hydrogens is 262 g/mol. The van der Waals surface area contributed by atoms with Gasteiger partial charge in [0.25, 0.3) is 0 Å². The second-order valence-electron chi connectivity index (χ2n) is 5.49. The normalized spacial score (nSPS) is 17.0. The first-order valence-corrected chi connectivity index (χ1v) is 7.48. The van der Waals surface area contributed by atoms with Gasteiger partial charge in [-0.15, -0.1) is 0 Å². The lowest BCUT2D eigenvalue weighted by Crippen LogP contribution is -2.22. The van der Waals surface area contributed by atoms with Gasteiger partial charge in [0.15, 0.2) is 0 Å². The number of fused-ring (bicyclic) bond motifs is 1. The molecule has 1 aliphatic rings. The summed E-state index contributed by atoms with van der Waals surface area (Å²) in [5.74, 6) is 3.03. The fourth-order valence-corrected chi connectivity index (χ4v) is 2.67. The minimum atomic E-state index is 0.219. The van der Waals surface area contributed by atoms with Gasteiger partial charge in [-0.05, 0) is 38.8 Å². The molecule has 4 heteroatoms. The topological polar surface area (TPSA) is 47.0 Å². The molecule has 2 aromatic rings. The molecule has 0 fully saturated rings. The fourth-order valence-electron chi connectivity index (χ4n) is 2.67.